The maximum absolute atomic E-state index is 11.9. The van der Waals surface area contributed by atoms with Gasteiger partial charge in [-0.15, -0.1) is 5.10 Å². The van der Waals surface area contributed by atoms with Crippen LogP contribution in [0.4, 0.5) is 0 Å². The van der Waals surface area contributed by atoms with Crippen LogP contribution in [0.3, 0.4) is 0 Å². The van der Waals surface area contributed by atoms with Gasteiger partial charge in [0.2, 0.25) is 5.91 Å². The minimum absolute atomic E-state index is 0.00127. The van der Waals surface area contributed by atoms with Crippen LogP contribution >= 0.6 is 0 Å². The van der Waals surface area contributed by atoms with Crippen LogP contribution in [0.25, 0.3) is 0 Å². The molecule has 2 heterocycles. The molecule has 0 spiro atoms. The number of hydrogen-bond donors (Lipinski definition) is 2. The van der Waals surface area contributed by atoms with Crippen LogP contribution in [0.2, 0.25) is 0 Å². The molecule has 332 valence electrons. The van der Waals surface area contributed by atoms with Crippen molar-refractivity contribution in [1.29, 1.82) is 0 Å². The van der Waals surface area contributed by atoms with Crippen molar-refractivity contribution < 1.29 is 47.9 Å². The fraction of sp³-hybridized carbons (Fsp3) is 0.532. The molecular weight excluding hydrogens is 781 g/mol. The molecule has 1 saturated heterocycles. The van der Waals surface area contributed by atoms with E-state index in [1.54, 1.807) is 14.2 Å². The minimum Gasteiger partial charge on any atom is -0.497 e. The number of methoxy groups -OCH3 is 2. The van der Waals surface area contributed by atoms with E-state index < -0.39 is 18.0 Å². The van der Waals surface area contributed by atoms with Crippen molar-refractivity contribution in [2.45, 2.75) is 110 Å². The average Bonchev–Trinajstić information content (AvgIpc) is 3.73. The third-order valence-corrected chi connectivity index (χ3v) is 11.3. The quantitative estimate of drug-likeness (QED) is 0.0418. The van der Waals surface area contributed by atoms with E-state index in [-0.39, 0.29) is 62.3 Å². The summed E-state index contributed by atoms with van der Waals surface area (Å²) >= 11 is 0. The first-order valence-corrected chi connectivity index (χ1v) is 21.3. The zero-order chi connectivity index (χ0) is 43.6. The van der Waals surface area contributed by atoms with Crippen LogP contribution in [0.5, 0.6) is 11.5 Å². The Hall–Kier alpha value is -4.86. The molecule has 61 heavy (non-hydrogen) atoms. The highest BCUT2D eigenvalue weighted by Gasteiger charge is 2.43. The lowest BCUT2D eigenvalue weighted by Crippen LogP contribution is -2.58. The Bertz CT molecular complexity index is 1840. The number of aliphatic hydroxyl groups is 1. The van der Waals surface area contributed by atoms with Gasteiger partial charge in [0.05, 0.1) is 52.4 Å². The van der Waals surface area contributed by atoms with Crippen LogP contribution in [-0.2, 0) is 52.0 Å². The van der Waals surface area contributed by atoms with Crippen molar-refractivity contribution >= 4 is 11.9 Å². The van der Waals surface area contributed by atoms with Gasteiger partial charge < -0.3 is 43.6 Å². The molecule has 2 N–H and O–H groups in total. The lowest BCUT2D eigenvalue weighted by atomic mass is 9.80. The number of carbonyl (C=O) groups excluding carboxylic acids is 2. The summed E-state index contributed by atoms with van der Waals surface area (Å²) in [6.45, 7) is 8.66. The highest BCUT2D eigenvalue weighted by molar-refractivity contribution is 5.73. The standard InChI is InChI=1S/C47H64N4O10/c1-33-34(2)45(48-35(3)52)46(61-44(33)32-59-36(4)53)58-27-15-10-8-7-9-14-26-51-28-40(49-50-51)29-57-30-41(54)31-60-47(37-16-12-11-13-17-37,38-18-22-42(55-5)23-19-38)39-20-24-43(56-6)25-21-39/h11-13,16-25,28,33-34,41,44-46,54H,7-10,14-15,26-27,29-32H2,1-6H3,(H,48,52)/t33?,34?,41-,44?,45?,46?/m0/s1. The van der Waals surface area contributed by atoms with Gasteiger partial charge in [0, 0.05) is 27.0 Å². The first-order chi connectivity index (χ1) is 29.5. The summed E-state index contributed by atoms with van der Waals surface area (Å²) in [6.07, 6.45) is 6.13. The minimum atomic E-state index is -1.04. The number of aryl methyl sites for hydroxylation is 1. The second kappa shape index (κ2) is 24.0. The molecule has 0 saturated carbocycles. The van der Waals surface area contributed by atoms with Gasteiger partial charge in [-0.3, -0.25) is 14.3 Å². The van der Waals surface area contributed by atoms with E-state index in [0.717, 1.165) is 73.3 Å². The Labute approximate surface area is 360 Å². The highest BCUT2D eigenvalue weighted by Crippen LogP contribution is 2.42. The number of amides is 1. The molecule has 6 atom stereocenters. The number of esters is 1. The second-order valence-electron chi connectivity index (χ2n) is 15.7. The van der Waals surface area contributed by atoms with Crippen LogP contribution in [0, 0.1) is 11.8 Å². The first-order valence-electron chi connectivity index (χ1n) is 21.3. The first kappa shape index (κ1) is 47.2. The molecule has 5 unspecified atom stereocenters. The van der Waals surface area contributed by atoms with Crippen LogP contribution in [-0.4, -0.2) is 97.2 Å². The summed E-state index contributed by atoms with van der Waals surface area (Å²) in [5, 5.41) is 22.7. The number of benzene rings is 3. The molecule has 3 aromatic carbocycles. The number of rotatable bonds is 25. The number of nitrogens with one attached hydrogen (secondary N) is 1. The third kappa shape index (κ3) is 13.6. The molecule has 0 radical (unpaired) electrons. The summed E-state index contributed by atoms with van der Waals surface area (Å²) in [4.78, 5) is 23.3. The van der Waals surface area contributed by atoms with Gasteiger partial charge in [-0.2, -0.15) is 0 Å². The van der Waals surface area contributed by atoms with Crippen molar-refractivity contribution in [3.63, 3.8) is 0 Å². The van der Waals surface area contributed by atoms with Gasteiger partial charge in [-0.05, 0) is 65.6 Å². The summed E-state index contributed by atoms with van der Waals surface area (Å²) < 4.78 is 42.9. The van der Waals surface area contributed by atoms with Crippen molar-refractivity contribution in [2.24, 2.45) is 11.8 Å². The second-order valence-corrected chi connectivity index (χ2v) is 15.7. The summed E-state index contributed by atoms with van der Waals surface area (Å²) in [6, 6.07) is 25.2. The smallest absolute Gasteiger partial charge is 0.302 e. The van der Waals surface area contributed by atoms with E-state index in [9.17, 15) is 14.7 Å². The van der Waals surface area contributed by atoms with Crippen molar-refractivity contribution in [3.05, 3.63) is 107 Å². The normalized spacial score (nSPS) is 19.6. The molecule has 1 fully saturated rings. The SMILES string of the molecule is COc1ccc(C(OC[C@@H](O)COCc2cn(CCCCCCCCOC3OC(COC(C)=O)C(C)C(C)C3NC(C)=O)nn2)(c2ccccc2)c2ccc(OC)cc2)cc1. The molecule has 5 rings (SSSR count). The summed E-state index contributed by atoms with van der Waals surface area (Å²) in [7, 11) is 3.27. The van der Waals surface area contributed by atoms with Gasteiger partial charge in [-0.1, -0.05) is 99.3 Å². The molecule has 1 amide bonds. The number of aromatic nitrogens is 3. The molecule has 1 aromatic heterocycles. The number of hydrogen-bond acceptors (Lipinski definition) is 12. The Balaban J connectivity index is 1.02. The van der Waals surface area contributed by atoms with Crippen molar-refractivity contribution in [1.82, 2.24) is 20.3 Å². The van der Waals surface area contributed by atoms with E-state index >= 15 is 0 Å². The van der Waals surface area contributed by atoms with Gasteiger partial charge in [0.1, 0.15) is 35.5 Å². The maximum Gasteiger partial charge on any atom is 0.302 e. The molecular formula is C47H64N4O10. The Morgan fingerprint density at radius 2 is 1.43 bits per heavy atom. The molecule has 1 aliphatic rings. The van der Waals surface area contributed by atoms with Gasteiger partial charge in [0.25, 0.3) is 0 Å². The lowest BCUT2D eigenvalue weighted by Gasteiger charge is -2.44. The zero-order valence-electron chi connectivity index (χ0n) is 36.5. The van der Waals surface area contributed by atoms with E-state index in [1.807, 2.05) is 96.7 Å². The fourth-order valence-corrected chi connectivity index (χ4v) is 7.70. The van der Waals surface area contributed by atoms with E-state index in [0.29, 0.717) is 12.3 Å². The summed E-state index contributed by atoms with van der Waals surface area (Å²) in [5.74, 6) is 1.13. The number of carbonyl (C=O) groups is 2. The monoisotopic (exact) mass is 844 g/mol. The largest absolute Gasteiger partial charge is 0.497 e. The third-order valence-electron chi connectivity index (χ3n) is 11.3. The highest BCUT2D eigenvalue weighted by atomic mass is 16.7. The van der Waals surface area contributed by atoms with E-state index in [1.165, 1.54) is 13.8 Å². The Morgan fingerprint density at radius 3 is 2.03 bits per heavy atom. The number of aliphatic hydroxyl groups excluding tert-OH is 1. The van der Waals surface area contributed by atoms with Crippen molar-refractivity contribution in [3.8, 4) is 11.5 Å². The van der Waals surface area contributed by atoms with E-state index in [4.69, 9.17) is 33.2 Å². The number of ether oxygens (including phenoxy) is 7. The lowest BCUT2D eigenvalue weighted by molar-refractivity contribution is -0.244. The van der Waals surface area contributed by atoms with Crippen LogP contribution in [0.15, 0.2) is 85.1 Å². The Morgan fingerprint density at radius 1 is 0.820 bits per heavy atom. The summed E-state index contributed by atoms with van der Waals surface area (Å²) in [5.41, 5.74) is 2.30. The molecule has 14 heteroatoms. The Kier molecular flexibility index (Phi) is 18.5. The molecule has 1 aliphatic heterocycles. The maximum atomic E-state index is 11.9. The predicted octanol–water partition coefficient (Wildman–Crippen LogP) is 6.60. The van der Waals surface area contributed by atoms with E-state index in [2.05, 4.69) is 22.6 Å². The van der Waals surface area contributed by atoms with Gasteiger partial charge in [0.15, 0.2) is 6.29 Å². The molecule has 14 nitrogen and oxygen atoms in total. The fourth-order valence-electron chi connectivity index (χ4n) is 7.70. The zero-order valence-corrected chi connectivity index (χ0v) is 36.5. The number of nitrogens with zero attached hydrogens (tertiary/aromatic N) is 3. The van der Waals surface area contributed by atoms with Gasteiger partial charge >= 0.3 is 5.97 Å². The van der Waals surface area contributed by atoms with Crippen LogP contribution < -0.4 is 14.8 Å². The van der Waals surface area contributed by atoms with Crippen molar-refractivity contribution in [2.75, 3.05) is 40.6 Å². The molecule has 0 bridgehead atoms. The predicted molar refractivity (Wildman–Crippen MR) is 229 cm³/mol. The van der Waals surface area contributed by atoms with Gasteiger partial charge in [-0.25, -0.2) is 0 Å². The average molecular weight is 845 g/mol. The molecule has 0 aliphatic carbocycles. The topological polar surface area (TPSA) is 162 Å². The molecule has 4 aromatic rings. The van der Waals surface area contributed by atoms with Crippen LogP contribution in [0.1, 0.15) is 88.6 Å². The number of unbranched alkanes of at least 4 members (excludes halogenated alkanes) is 5.